The van der Waals surface area contributed by atoms with E-state index in [2.05, 4.69) is 0 Å². The summed E-state index contributed by atoms with van der Waals surface area (Å²) in [6.07, 6.45) is -7.41. The highest BCUT2D eigenvalue weighted by atomic mass is 16.6. The highest BCUT2D eigenvalue weighted by Gasteiger charge is 2.42. The Morgan fingerprint density at radius 1 is 1.07 bits per heavy atom. The van der Waals surface area contributed by atoms with E-state index in [-0.39, 0.29) is 12.8 Å². The Morgan fingerprint density at radius 2 is 1.67 bits per heavy atom. The lowest BCUT2D eigenvalue weighted by molar-refractivity contribution is -0.282. The summed E-state index contributed by atoms with van der Waals surface area (Å²) in [5, 5.41) is 45.3. The summed E-state index contributed by atoms with van der Waals surface area (Å²) in [5.74, 6) is -1.07. The Balaban J connectivity index is 2.54. The molecule has 1 heterocycles. The van der Waals surface area contributed by atoms with E-state index < -0.39 is 36.7 Å². The van der Waals surface area contributed by atoms with E-state index in [1.165, 1.54) is 0 Å². The number of rotatable bonds is 3. The van der Waals surface area contributed by atoms with Crippen molar-refractivity contribution >= 4 is 5.97 Å². The molecule has 15 heavy (non-hydrogen) atoms. The van der Waals surface area contributed by atoms with Crippen LogP contribution in [0.5, 0.6) is 0 Å². The monoisotopic (exact) mass is 222 g/mol. The van der Waals surface area contributed by atoms with E-state index in [9.17, 15) is 15.0 Å². The molecule has 0 amide bonds. The maximum Gasteiger partial charge on any atom is 0.303 e. The van der Waals surface area contributed by atoms with Crippen LogP contribution in [0.4, 0.5) is 0 Å². The first-order valence-electron chi connectivity index (χ1n) is 4.53. The second kappa shape index (κ2) is 4.86. The van der Waals surface area contributed by atoms with Gasteiger partial charge in [0.15, 0.2) is 6.29 Å². The van der Waals surface area contributed by atoms with Crippen molar-refractivity contribution in [1.29, 1.82) is 0 Å². The number of aliphatic hydroxyl groups excluding tert-OH is 4. The first-order chi connectivity index (χ1) is 6.93. The smallest absolute Gasteiger partial charge is 0.303 e. The standard InChI is InChI=1S/C8H14O7/c9-4(10)2-1-3-5(11)6(12)7(13)8(14)15-3/h3,5-8,11-14H,1-2H2,(H,9,10)/t3-,5-,6+,7+,8+/m1/s1. The van der Waals surface area contributed by atoms with Gasteiger partial charge in [-0.3, -0.25) is 4.79 Å². The number of aliphatic hydroxyl groups is 4. The normalized spacial score (nSPS) is 41.5. The van der Waals surface area contributed by atoms with E-state index in [0.29, 0.717) is 0 Å². The van der Waals surface area contributed by atoms with Crippen molar-refractivity contribution in [1.82, 2.24) is 0 Å². The second-order valence-corrected chi connectivity index (χ2v) is 3.47. The van der Waals surface area contributed by atoms with Crippen LogP contribution < -0.4 is 0 Å². The minimum atomic E-state index is -1.61. The molecule has 1 fully saturated rings. The van der Waals surface area contributed by atoms with Crippen LogP contribution in [-0.4, -0.2) is 62.2 Å². The van der Waals surface area contributed by atoms with Gasteiger partial charge in [-0.05, 0) is 6.42 Å². The molecule has 1 rings (SSSR count). The Labute approximate surface area is 85.5 Å². The highest BCUT2D eigenvalue weighted by molar-refractivity contribution is 5.66. The molecule has 7 nitrogen and oxygen atoms in total. The molecular formula is C8H14O7. The number of ether oxygens (including phenoxy) is 1. The third-order valence-corrected chi connectivity index (χ3v) is 2.33. The second-order valence-electron chi connectivity index (χ2n) is 3.47. The summed E-state index contributed by atoms with van der Waals surface area (Å²) in [4.78, 5) is 10.3. The van der Waals surface area contributed by atoms with Gasteiger partial charge in [-0.2, -0.15) is 0 Å². The minimum Gasteiger partial charge on any atom is -0.481 e. The molecule has 0 aliphatic carbocycles. The fraction of sp³-hybridized carbons (Fsp3) is 0.875. The lowest BCUT2D eigenvalue weighted by Gasteiger charge is -2.38. The molecule has 1 aliphatic rings. The van der Waals surface area contributed by atoms with E-state index in [1.807, 2.05) is 0 Å². The molecule has 0 aromatic rings. The molecule has 7 heteroatoms. The van der Waals surface area contributed by atoms with Crippen molar-refractivity contribution in [2.24, 2.45) is 0 Å². The van der Waals surface area contributed by atoms with E-state index in [0.717, 1.165) is 0 Å². The maximum absolute atomic E-state index is 10.3. The predicted molar refractivity (Wildman–Crippen MR) is 45.8 cm³/mol. The van der Waals surface area contributed by atoms with Crippen molar-refractivity contribution in [3.05, 3.63) is 0 Å². The molecule has 0 unspecified atom stereocenters. The van der Waals surface area contributed by atoms with Crippen molar-refractivity contribution in [2.45, 2.75) is 43.5 Å². The molecule has 0 aromatic carbocycles. The summed E-state index contributed by atoms with van der Waals surface area (Å²) in [5.41, 5.74) is 0. The number of aliphatic carboxylic acids is 1. The third kappa shape index (κ3) is 2.86. The molecule has 1 aliphatic heterocycles. The van der Waals surface area contributed by atoms with Gasteiger partial charge in [-0.15, -0.1) is 0 Å². The quantitative estimate of drug-likeness (QED) is 0.361. The van der Waals surface area contributed by atoms with Crippen LogP contribution >= 0.6 is 0 Å². The lowest BCUT2D eigenvalue weighted by Crippen LogP contribution is -2.57. The van der Waals surface area contributed by atoms with Crippen molar-refractivity contribution < 1.29 is 35.1 Å². The van der Waals surface area contributed by atoms with Crippen LogP contribution in [0.1, 0.15) is 12.8 Å². The highest BCUT2D eigenvalue weighted by Crippen LogP contribution is 2.22. The summed E-state index contributed by atoms with van der Waals surface area (Å²) in [6, 6.07) is 0. The molecule has 0 radical (unpaired) electrons. The van der Waals surface area contributed by atoms with E-state index in [4.69, 9.17) is 20.1 Å². The molecule has 88 valence electrons. The summed E-state index contributed by atoms with van der Waals surface area (Å²) >= 11 is 0. The van der Waals surface area contributed by atoms with Crippen molar-refractivity contribution in [3.63, 3.8) is 0 Å². The van der Waals surface area contributed by atoms with Crippen LogP contribution in [0.3, 0.4) is 0 Å². The van der Waals surface area contributed by atoms with Gasteiger partial charge in [0.2, 0.25) is 0 Å². The van der Waals surface area contributed by atoms with Crippen molar-refractivity contribution in [3.8, 4) is 0 Å². The van der Waals surface area contributed by atoms with Gasteiger partial charge in [0, 0.05) is 6.42 Å². The van der Waals surface area contributed by atoms with Gasteiger partial charge in [-0.1, -0.05) is 0 Å². The zero-order valence-electron chi connectivity index (χ0n) is 7.85. The summed E-state index contributed by atoms with van der Waals surface area (Å²) in [6.45, 7) is 0. The van der Waals surface area contributed by atoms with Gasteiger partial charge in [0.25, 0.3) is 0 Å². The number of carboxylic acid groups (broad SMARTS) is 1. The van der Waals surface area contributed by atoms with Crippen LogP contribution in [0.25, 0.3) is 0 Å². The minimum absolute atomic E-state index is 0.0443. The van der Waals surface area contributed by atoms with Gasteiger partial charge in [-0.25, -0.2) is 0 Å². The number of carbonyl (C=O) groups is 1. The molecular weight excluding hydrogens is 208 g/mol. The Bertz CT molecular complexity index is 231. The molecule has 0 spiro atoms. The first kappa shape index (κ1) is 12.3. The number of hydrogen-bond donors (Lipinski definition) is 5. The Morgan fingerprint density at radius 3 is 2.20 bits per heavy atom. The van der Waals surface area contributed by atoms with Gasteiger partial charge < -0.3 is 30.3 Å². The average Bonchev–Trinajstić information content (AvgIpc) is 2.18. The molecule has 1 saturated heterocycles. The van der Waals surface area contributed by atoms with Crippen LogP contribution in [0.2, 0.25) is 0 Å². The molecule has 0 bridgehead atoms. The summed E-state index contributed by atoms with van der Waals surface area (Å²) in [7, 11) is 0. The average molecular weight is 222 g/mol. The summed E-state index contributed by atoms with van der Waals surface area (Å²) < 4.78 is 4.76. The molecule has 0 aromatic heterocycles. The van der Waals surface area contributed by atoms with Crippen LogP contribution in [0, 0.1) is 0 Å². The zero-order valence-corrected chi connectivity index (χ0v) is 7.85. The fourth-order valence-electron chi connectivity index (χ4n) is 1.44. The van der Waals surface area contributed by atoms with E-state index >= 15 is 0 Å². The zero-order chi connectivity index (χ0) is 11.6. The molecule has 5 N–H and O–H groups in total. The maximum atomic E-state index is 10.3. The van der Waals surface area contributed by atoms with Gasteiger partial charge in [0.05, 0.1) is 6.10 Å². The Kier molecular flexibility index (Phi) is 4.00. The third-order valence-electron chi connectivity index (χ3n) is 2.33. The molecule has 5 atom stereocenters. The van der Waals surface area contributed by atoms with Gasteiger partial charge >= 0.3 is 5.97 Å². The predicted octanol–water partition coefficient (Wildman–Crippen LogP) is -2.35. The number of carboxylic acids is 1. The fourth-order valence-corrected chi connectivity index (χ4v) is 1.44. The first-order valence-corrected chi connectivity index (χ1v) is 4.53. The van der Waals surface area contributed by atoms with E-state index in [1.54, 1.807) is 0 Å². The topological polar surface area (TPSA) is 127 Å². The van der Waals surface area contributed by atoms with Crippen LogP contribution in [-0.2, 0) is 9.53 Å². The lowest BCUT2D eigenvalue weighted by atomic mass is 9.96. The van der Waals surface area contributed by atoms with Crippen molar-refractivity contribution in [2.75, 3.05) is 0 Å². The SMILES string of the molecule is O=C(O)CC[C@H]1O[C@H](O)[C@@H](O)[C@@H](O)[C@@H]1O. The van der Waals surface area contributed by atoms with Gasteiger partial charge in [0.1, 0.15) is 18.3 Å². The van der Waals surface area contributed by atoms with Crippen LogP contribution in [0.15, 0.2) is 0 Å². The Hall–Kier alpha value is -0.730. The number of hydrogen-bond acceptors (Lipinski definition) is 6. The molecule has 0 saturated carbocycles. The largest absolute Gasteiger partial charge is 0.481 e.